The first-order chi connectivity index (χ1) is 10.2. The van der Waals surface area contributed by atoms with Crippen molar-refractivity contribution in [1.82, 2.24) is 5.32 Å². The molecule has 0 amide bonds. The maximum absolute atomic E-state index is 9.51. The van der Waals surface area contributed by atoms with E-state index in [0.717, 1.165) is 30.8 Å². The number of benzene rings is 1. The van der Waals surface area contributed by atoms with E-state index in [0.29, 0.717) is 6.04 Å². The minimum Gasteiger partial charge on any atom is -0.496 e. The van der Waals surface area contributed by atoms with E-state index in [1.54, 1.807) is 18.9 Å². The van der Waals surface area contributed by atoms with Crippen molar-refractivity contribution in [3.63, 3.8) is 0 Å². The number of hydrogen-bond donors (Lipinski definition) is 1. The lowest BCUT2D eigenvalue weighted by molar-refractivity contribution is 0.367. The first kappa shape index (κ1) is 16.2. The summed E-state index contributed by atoms with van der Waals surface area (Å²) in [7, 11) is 1.71. The fourth-order valence-corrected chi connectivity index (χ4v) is 3.41. The first-order valence-corrected chi connectivity index (χ1v) is 8.66. The topological polar surface area (TPSA) is 45.0 Å². The minimum absolute atomic E-state index is 0.331. The van der Waals surface area contributed by atoms with Crippen molar-refractivity contribution in [1.29, 1.82) is 5.26 Å². The van der Waals surface area contributed by atoms with Gasteiger partial charge in [-0.25, -0.2) is 0 Å². The highest BCUT2D eigenvalue weighted by Gasteiger charge is 2.34. The molecular formula is C17H24N2OS. The lowest BCUT2D eigenvalue weighted by Crippen LogP contribution is -2.44. The van der Waals surface area contributed by atoms with E-state index in [2.05, 4.69) is 24.4 Å². The third kappa shape index (κ3) is 4.66. The number of hydrogen-bond acceptors (Lipinski definition) is 4. The van der Waals surface area contributed by atoms with Crippen LogP contribution in [0.4, 0.5) is 0 Å². The van der Waals surface area contributed by atoms with Crippen LogP contribution in [0.15, 0.2) is 29.2 Å². The Balaban J connectivity index is 1.81. The standard InChI is InChI=1S/C17H24N2OS/c1-3-17(13-18,19-14-9-10-14)11-6-12-21-16-8-5-4-7-15(16)20-2/h4-5,7-8,14,19H,3,6,9-12H2,1-2H3. The number of para-hydroxylation sites is 1. The van der Waals surface area contributed by atoms with Gasteiger partial charge in [-0.1, -0.05) is 19.1 Å². The zero-order chi connectivity index (χ0) is 15.1. The van der Waals surface area contributed by atoms with Crippen molar-refractivity contribution in [2.75, 3.05) is 12.9 Å². The normalized spacial score (nSPS) is 17.0. The van der Waals surface area contributed by atoms with Crippen LogP contribution in [0.1, 0.15) is 39.0 Å². The van der Waals surface area contributed by atoms with Gasteiger partial charge in [0.25, 0.3) is 0 Å². The summed E-state index contributed by atoms with van der Waals surface area (Å²) < 4.78 is 5.36. The van der Waals surface area contributed by atoms with Crippen molar-refractivity contribution in [3.8, 4) is 11.8 Å². The Morgan fingerprint density at radius 3 is 2.81 bits per heavy atom. The van der Waals surface area contributed by atoms with Crippen LogP contribution in [-0.4, -0.2) is 24.4 Å². The number of nitrogens with one attached hydrogen (secondary N) is 1. The number of ether oxygens (including phenoxy) is 1. The van der Waals surface area contributed by atoms with Crippen LogP contribution in [0, 0.1) is 11.3 Å². The molecule has 2 rings (SSSR count). The van der Waals surface area contributed by atoms with Gasteiger partial charge >= 0.3 is 0 Å². The number of methoxy groups -OCH3 is 1. The molecule has 1 aromatic rings. The lowest BCUT2D eigenvalue weighted by Gasteiger charge is -2.26. The van der Waals surface area contributed by atoms with E-state index in [4.69, 9.17) is 4.74 Å². The maximum Gasteiger partial charge on any atom is 0.132 e. The van der Waals surface area contributed by atoms with Gasteiger partial charge in [0.05, 0.1) is 13.2 Å². The summed E-state index contributed by atoms with van der Waals surface area (Å²) in [5.74, 6) is 1.94. The maximum atomic E-state index is 9.51. The average Bonchev–Trinajstić information content (AvgIpc) is 3.34. The molecule has 1 aromatic carbocycles. The predicted octanol–water partition coefficient (Wildman–Crippen LogP) is 3.99. The fourth-order valence-electron chi connectivity index (χ4n) is 2.43. The molecule has 3 nitrogen and oxygen atoms in total. The Labute approximate surface area is 132 Å². The molecule has 1 aliphatic carbocycles. The minimum atomic E-state index is -0.331. The molecule has 1 saturated carbocycles. The van der Waals surface area contributed by atoms with Gasteiger partial charge in [0.1, 0.15) is 11.3 Å². The molecule has 0 aliphatic heterocycles. The molecule has 4 heteroatoms. The van der Waals surface area contributed by atoms with Crippen LogP contribution in [0.3, 0.4) is 0 Å². The van der Waals surface area contributed by atoms with E-state index in [1.807, 2.05) is 18.2 Å². The second kappa shape index (κ2) is 7.72. The molecule has 1 atom stereocenters. The van der Waals surface area contributed by atoms with E-state index in [9.17, 15) is 5.26 Å². The molecule has 0 saturated heterocycles. The van der Waals surface area contributed by atoms with Crippen molar-refractivity contribution in [2.24, 2.45) is 0 Å². The Hall–Kier alpha value is -1.18. The smallest absolute Gasteiger partial charge is 0.132 e. The monoisotopic (exact) mass is 304 g/mol. The lowest BCUT2D eigenvalue weighted by atomic mass is 9.92. The van der Waals surface area contributed by atoms with Crippen LogP contribution in [-0.2, 0) is 0 Å². The Morgan fingerprint density at radius 1 is 1.43 bits per heavy atom. The van der Waals surface area contributed by atoms with Crippen LogP contribution < -0.4 is 10.1 Å². The molecule has 0 heterocycles. The van der Waals surface area contributed by atoms with Gasteiger partial charge in [-0.15, -0.1) is 11.8 Å². The van der Waals surface area contributed by atoms with Crippen molar-refractivity contribution in [2.45, 2.75) is 55.5 Å². The van der Waals surface area contributed by atoms with Crippen molar-refractivity contribution >= 4 is 11.8 Å². The van der Waals surface area contributed by atoms with Gasteiger partial charge in [0.15, 0.2) is 0 Å². The summed E-state index contributed by atoms with van der Waals surface area (Å²) >= 11 is 1.81. The van der Waals surface area contributed by atoms with Crippen LogP contribution in [0.5, 0.6) is 5.75 Å². The van der Waals surface area contributed by atoms with Gasteiger partial charge in [-0.3, -0.25) is 5.32 Å². The van der Waals surface area contributed by atoms with Gasteiger partial charge in [0.2, 0.25) is 0 Å². The molecule has 1 N–H and O–H groups in total. The summed E-state index contributed by atoms with van der Waals surface area (Å²) in [5.41, 5.74) is -0.331. The molecule has 0 aromatic heterocycles. The zero-order valence-corrected chi connectivity index (χ0v) is 13.7. The third-order valence-electron chi connectivity index (χ3n) is 3.95. The molecule has 0 spiro atoms. The SMILES string of the molecule is CCC(C#N)(CCCSc1ccccc1OC)NC1CC1. The summed E-state index contributed by atoms with van der Waals surface area (Å²) in [6, 6.07) is 11.2. The molecule has 1 unspecified atom stereocenters. The number of nitrogens with zero attached hydrogens (tertiary/aromatic N) is 1. The quantitative estimate of drug-likeness (QED) is 0.553. The van der Waals surface area contributed by atoms with Crippen LogP contribution in [0.25, 0.3) is 0 Å². The number of thioether (sulfide) groups is 1. The largest absolute Gasteiger partial charge is 0.496 e. The highest BCUT2D eigenvalue weighted by atomic mass is 32.2. The molecule has 1 fully saturated rings. The van der Waals surface area contributed by atoms with E-state index >= 15 is 0 Å². The van der Waals surface area contributed by atoms with Crippen molar-refractivity contribution < 1.29 is 4.74 Å². The summed E-state index contributed by atoms with van der Waals surface area (Å²) in [6.45, 7) is 2.10. The number of rotatable bonds is 9. The summed E-state index contributed by atoms with van der Waals surface area (Å²) in [4.78, 5) is 1.18. The van der Waals surface area contributed by atoms with Crippen LogP contribution in [0.2, 0.25) is 0 Å². The molecule has 21 heavy (non-hydrogen) atoms. The second-order valence-corrected chi connectivity index (χ2v) is 6.71. The van der Waals surface area contributed by atoms with Gasteiger partial charge in [0, 0.05) is 10.9 Å². The molecule has 0 radical (unpaired) electrons. The average molecular weight is 304 g/mol. The molecule has 0 bridgehead atoms. The van der Waals surface area contributed by atoms with Gasteiger partial charge < -0.3 is 4.74 Å². The van der Waals surface area contributed by atoms with Crippen molar-refractivity contribution in [3.05, 3.63) is 24.3 Å². The van der Waals surface area contributed by atoms with E-state index < -0.39 is 0 Å². The summed E-state index contributed by atoms with van der Waals surface area (Å²) in [6.07, 6.45) is 5.26. The second-order valence-electron chi connectivity index (χ2n) is 5.57. The predicted molar refractivity (Wildman–Crippen MR) is 87.7 cm³/mol. The highest BCUT2D eigenvalue weighted by molar-refractivity contribution is 7.99. The Bertz CT molecular complexity index is 496. The Morgan fingerprint density at radius 2 is 2.19 bits per heavy atom. The third-order valence-corrected chi connectivity index (χ3v) is 5.09. The Kier molecular flexibility index (Phi) is 5.96. The van der Waals surface area contributed by atoms with E-state index in [-0.39, 0.29) is 5.54 Å². The molecule has 114 valence electrons. The molecular weight excluding hydrogens is 280 g/mol. The van der Waals surface area contributed by atoms with Gasteiger partial charge in [-0.2, -0.15) is 5.26 Å². The van der Waals surface area contributed by atoms with Gasteiger partial charge in [-0.05, 0) is 50.0 Å². The fraction of sp³-hybridized carbons (Fsp3) is 0.588. The number of nitriles is 1. The first-order valence-electron chi connectivity index (χ1n) is 7.68. The summed E-state index contributed by atoms with van der Waals surface area (Å²) in [5, 5.41) is 13.0. The van der Waals surface area contributed by atoms with Crippen LogP contribution >= 0.6 is 11.8 Å². The highest BCUT2D eigenvalue weighted by Crippen LogP contribution is 2.31. The molecule has 1 aliphatic rings. The zero-order valence-electron chi connectivity index (χ0n) is 12.9. The van der Waals surface area contributed by atoms with E-state index in [1.165, 1.54) is 17.7 Å².